The van der Waals surface area contributed by atoms with Crippen molar-refractivity contribution in [2.45, 2.75) is 20.1 Å². The first-order valence-corrected chi connectivity index (χ1v) is 7.78. The van der Waals surface area contributed by atoms with Crippen LogP contribution in [0.1, 0.15) is 17.2 Å². The largest absolute Gasteiger partial charge is 0.479 e. The number of aliphatic hydroxyl groups is 1. The lowest BCUT2D eigenvalue weighted by atomic mass is 10.1. The Bertz CT molecular complexity index is 864. The zero-order valence-electron chi connectivity index (χ0n) is 13.4. The number of imidazole rings is 1. The minimum atomic E-state index is -0.0874. The number of ether oxygens (including phenoxy) is 1. The summed E-state index contributed by atoms with van der Waals surface area (Å²) >= 11 is 6.07. The van der Waals surface area contributed by atoms with Gasteiger partial charge in [-0.05, 0) is 19.1 Å². The van der Waals surface area contributed by atoms with Gasteiger partial charge in [-0.25, -0.2) is 15.0 Å². The molecule has 3 rings (SSSR count). The van der Waals surface area contributed by atoms with E-state index in [4.69, 9.17) is 16.3 Å². The Kier molecular flexibility index (Phi) is 4.78. The molecular weight excluding hydrogens is 328 g/mol. The summed E-state index contributed by atoms with van der Waals surface area (Å²) in [5.74, 6) is 1.25. The number of aromatic nitrogens is 4. The lowest BCUT2D eigenvalue weighted by Gasteiger charge is -2.10. The average molecular weight is 345 g/mol. The van der Waals surface area contributed by atoms with Gasteiger partial charge in [-0.15, -0.1) is 0 Å². The summed E-state index contributed by atoms with van der Waals surface area (Å²) in [5, 5.41) is 9.82. The Hall–Kier alpha value is -2.44. The number of nitrogens with zero attached hydrogens (tertiary/aromatic N) is 4. The van der Waals surface area contributed by atoms with Gasteiger partial charge in [0.05, 0.1) is 37.8 Å². The number of methoxy groups -OCH3 is 1. The van der Waals surface area contributed by atoms with Gasteiger partial charge in [0.1, 0.15) is 11.5 Å². The number of benzene rings is 1. The molecule has 0 amide bonds. The van der Waals surface area contributed by atoms with Gasteiger partial charge in [0.2, 0.25) is 5.88 Å². The van der Waals surface area contributed by atoms with Crippen LogP contribution in [0.3, 0.4) is 0 Å². The van der Waals surface area contributed by atoms with Crippen LogP contribution in [0.4, 0.5) is 0 Å². The summed E-state index contributed by atoms with van der Waals surface area (Å²) in [6, 6.07) is 7.40. The van der Waals surface area contributed by atoms with Gasteiger partial charge >= 0.3 is 0 Å². The molecule has 0 aliphatic carbocycles. The highest BCUT2D eigenvalue weighted by atomic mass is 35.5. The molecule has 3 aromatic rings. The third-order valence-electron chi connectivity index (χ3n) is 3.60. The van der Waals surface area contributed by atoms with Crippen molar-refractivity contribution in [1.29, 1.82) is 0 Å². The summed E-state index contributed by atoms with van der Waals surface area (Å²) in [7, 11) is 1.56. The number of halogens is 1. The van der Waals surface area contributed by atoms with Gasteiger partial charge in [0, 0.05) is 16.8 Å². The minimum Gasteiger partial charge on any atom is -0.479 e. The average Bonchev–Trinajstić information content (AvgIpc) is 2.95. The second-order valence-electron chi connectivity index (χ2n) is 5.30. The lowest BCUT2D eigenvalue weighted by molar-refractivity contribution is 0.277. The molecule has 0 saturated heterocycles. The molecule has 0 spiro atoms. The summed E-state index contributed by atoms with van der Waals surface area (Å²) in [5.41, 5.74) is 2.87. The van der Waals surface area contributed by atoms with Crippen molar-refractivity contribution < 1.29 is 9.84 Å². The molecule has 2 aromatic heterocycles. The van der Waals surface area contributed by atoms with Crippen molar-refractivity contribution in [3.8, 4) is 17.1 Å². The van der Waals surface area contributed by atoms with Gasteiger partial charge in [-0.1, -0.05) is 23.7 Å². The van der Waals surface area contributed by atoms with Crippen molar-refractivity contribution in [2.24, 2.45) is 0 Å². The van der Waals surface area contributed by atoms with Crippen molar-refractivity contribution in [2.75, 3.05) is 7.11 Å². The Morgan fingerprint density at radius 3 is 2.75 bits per heavy atom. The minimum absolute atomic E-state index is 0.0874. The van der Waals surface area contributed by atoms with E-state index >= 15 is 0 Å². The summed E-state index contributed by atoms with van der Waals surface area (Å²) in [6.07, 6.45) is 3.48. The second kappa shape index (κ2) is 6.98. The number of hydrogen-bond donors (Lipinski definition) is 1. The van der Waals surface area contributed by atoms with Crippen LogP contribution in [0.15, 0.2) is 36.7 Å². The van der Waals surface area contributed by atoms with Crippen LogP contribution in [0.25, 0.3) is 11.3 Å². The van der Waals surface area contributed by atoms with Crippen molar-refractivity contribution >= 4 is 11.6 Å². The van der Waals surface area contributed by atoms with E-state index in [0.717, 1.165) is 17.1 Å². The van der Waals surface area contributed by atoms with E-state index in [9.17, 15) is 5.11 Å². The maximum atomic E-state index is 9.20. The normalized spacial score (nSPS) is 10.8. The Morgan fingerprint density at radius 1 is 1.25 bits per heavy atom. The first-order valence-electron chi connectivity index (χ1n) is 7.40. The number of hydrogen-bond acceptors (Lipinski definition) is 5. The van der Waals surface area contributed by atoms with E-state index in [1.54, 1.807) is 25.6 Å². The first kappa shape index (κ1) is 16.4. The van der Waals surface area contributed by atoms with E-state index in [-0.39, 0.29) is 6.61 Å². The van der Waals surface area contributed by atoms with Gasteiger partial charge in [0.15, 0.2) is 0 Å². The number of rotatable bonds is 5. The van der Waals surface area contributed by atoms with Crippen LogP contribution >= 0.6 is 11.6 Å². The maximum absolute atomic E-state index is 9.20. The quantitative estimate of drug-likeness (QED) is 0.770. The number of aryl methyl sites for hydroxylation is 1. The smallest absolute Gasteiger partial charge is 0.240 e. The number of aliphatic hydroxyl groups excluding tert-OH is 1. The van der Waals surface area contributed by atoms with Crippen LogP contribution in [0.2, 0.25) is 5.02 Å². The van der Waals surface area contributed by atoms with Crippen LogP contribution < -0.4 is 4.74 Å². The van der Waals surface area contributed by atoms with E-state index < -0.39 is 0 Å². The molecule has 0 radical (unpaired) electrons. The fraction of sp³-hybridized carbons (Fsp3) is 0.235. The lowest BCUT2D eigenvalue weighted by Crippen LogP contribution is -2.05. The van der Waals surface area contributed by atoms with E-state index in [0.29, 0.717) is 28.8 Å². The van der Waals surface area contributed by atoms with Crippen LogP contribution in [-0.4, -0.2) is 31.7 Å². The van der Waals surface area contributed by atoms with Crippen molar-refractivity contribution in [1.82, 2.24) is 19.5 Å². The standard InChI is InChI=1S/C17H17ClN4O2/c1-11-20-15(10-23)9-22(11)8-14-7-19-17(24-2)16(21-14)12-4-3-5-13(18)6-12/h3-7,9,23H,8,10H2,1-2H3. The Balaban J connectivity index is 1.98. The van der Waals surface area contributed by atoms with Gasteiger partial charge < -0.3 is 14.4 Å². The molecule has 124 valence electrons. The van der Waals surface area contributed by atoms with E-state index in [1.807, 2.05) is 29.7 Å². The summed E-state index contributed by atoms with van der Waals surface area (Å²) in [6.45, 7) is 2.30. The summed E-state index contributed by atoms with van der Waals surface area (Å²) in [4.78, 5) is 13.3. The Morgan fingerprint density at radius 2 is 2.08 bits per heavy atom. The SMILES string of the molecule is COc1ncc(Cn2cc(CO)nc2C)nc1-c1cccc(Cl)c1. The highest BCUT2D eigenvalue weighted by Crippen LogP contribution is 2.28. The molecule has 0 unspecified atom stereocenters. The molecular formula is C17H17ClN4O2. The van der Waals surface area contributed by atoms with E-state index in [1.165, 1.54) is 0 Å². The fourth-order valence-electron chi connectivity index (χ4n) is 2.45. The highest BCUT2D eigenvalue weighted by Gasteiger charge is 2.12. The third kappa shape index (κ3) is 3.39. The molecule has 0 atom stereocenters. The van der Waals surface area contributed by atoms with Gasteiger partial charge in [-0.2, -0.15) is 0 Å². The van der Waals surface area contributed by atoms with E-state index in [2.05, 4.69) is 15.0 Å². The molecule has 2 heterocycles. The Labute approximate surface area is 144 Å². The maximum Gasteiger partial charge on any atom is 0.240 e. The van der Waals surface area contributed by atoms with Crippen LogP contribution in [0.5, 0.6) is 5.88 Å². The van der Waals surface area contributed by atoms with Crippen molar-refractivity contribution in [3.63, 3.8) is 0 Å². The molecule has 7 heteroatoms. The molecule has 0 aliphatic heterocycles. The second-order valence-corrected chi connectivity index (χ2v) is 5.73. The van der Waals surface area contributed by atoms with Crippen LogP contribution in [-0.2, 0) is 13.2 Å². The highest BCUT2D eigenvalue weighted by molar-refractivity contribution is 6.30. The topological polar surface area (TPSA) is 73.1 Å². The fourth-order valence-corrected chi connectivity index (χ4v) is 2.64. The first-order chi connectivity index (χ1) is 11.6. The predicted molar refractivity (Wildman–Crippen MR) is 91.0 cm³/mol. The molecule has 0 saturated carbocycles. The van der Waals surface area contributed by atoms with Gasteiger partial charge in [0.25, 0.3) is 0 Å². The van der Waals surface area contributed by atoms with Crippen LogP contribution in [0, 0.1) is 6.92 Å². The molecule has 1 aromatic carbocycles. The molecule has 0 aliphatic rings. The van der Waals surface area contributed by atoms with Gasteiger partial charge in [-0.3, -0.25) is 0 Å². The zero-order valence-corrected chi connectivity index (χ0v) is 14.2. The predicted octanol–water partition coefficient (Wildman–Crippen LogP) is 2.85. The molecule has 1 N–H and O–H groups in total. The molecule has 6 nitrogen and oxygen atoms in total. The summed E-state index contributed by atoms with van der Waals surface area (Å²) < 4.78 is 7.24. The molecule has 0 fully saturated rings. The zero-order chi connectivity index (χ0) is 17.1. The molecule has 24 heavy (non-hydrogen) atoms. The monoisotopic (exact) mass is 344 g/mol. The van der Waals surface area contributed by atoms with Crippen molar-refractivity contribution in [3.05, 3.63) is 58.9 Å². The molecule has 0 bridgehead atoms. The third-order valence-corrected chi connectivity index (χ3v) is 3.84.